The molecule has 1 aliphatic heterocycles. The molecule has 100 valence electrons. The maximum Gasteiger partial charge on any atom is 0.150 e. The Kier molecular flexibility index (Phi) is 2.90. The Balaban J connectivity index is 1.88. The minimum absolute atomic E-state index is 0.0332. The van der Waals surface area contributed by atoms with E-state index in [2.05, 4.69) is 16.8 Å². The Labute approximate surface area is 113 Å². The molecule has 1 aromatic heterocycles. The molecule has 0 unspecified atom stereocenters. The molecule has 0 spiro atoms. The second kappa shape index (κ2) is 4.46. The predicted molar refractivity (Wildman–Crippen MR) is 78.3 cm³/mol. The van der Waals surface area contributed by atoms with Crippen LogP contribution in [0.3, 0.4) is 0 Å². The topological polar surface area (TPSA) is 55.0 Å². The van der Waals surface area contributed by atoms with Crippen molar-refractivity contribution < 1.29 is 0 Å². The van der Waals surface area contributed by atoms with Gasteiger partial charge in [0.1, 0.15) is 0 Å². The zero-order valence-electron chi connectivity index (χ0n) is 11.6. The van der Waals surface area contributed by atoms with Gasteiger partial charge in [0.2, 0.25) is 0 Å². The van der Waals surface area contributed by atoms with Gasteiger partial charge in [0, 0.05) is 13.1 Å². The van der Waals surface area contributed by atoms with E-state index in [-0.39, 0.29) is 5.54 Å². The maximum atomic E-state index is 6.31. The smallest absolute Gasteiger partial charge is 0.150 e. The molecule has 1 aromatic carbocycles. The van der Waals surface area contributed by atoms with Crippen molar-refractivity contribution in [1.82, 2.24) is 9.97 Å². The lowest BCUT2D eigenvalue weighted by Crippen LogP contribution is -2.67. The molecule has 3 rings (SSSR count). The molecule has 2 N–H and O–H groups in total. The van der Waals surface area contributed by atoms with Gasteiger partial charge in [-0.3, -0.25) is 0 Å². The third-order valence-electron chi connectivity index (χ3n) is 3.78. The maximum absolute atomic E-state index is 6.31. The van der Waals surface area contributed by atoms with Gasteiger partial charge in [-0.15, -0.1) is 0 Å². The molecule has 1 saturated heterocycles. The summed E-state index contributed by atoms with van der Waals surface area (Å²) in [7, 11) is 0. The first-order chi connectivity index (χ1) is 9.11. The summed E-state index contributed by atoms with van der Waals surface area (Å²) in [6, 6.07) is 7.99. The van der Waals surface area contributed by atoms with Crippen molar-refractivity contribution in [3.05, 3.63) is 30.0 Å². The quantitative estimate of drug-likeness (QED) is 0.915. The molecular weight excluding hydrogens is 236 g/mol. The highest BCUT2D eigenvalue weighted by molar-refractivity contribution is 5.76. The largest absolute Gasteiger partial charge is 0.351 e. The summed E-state index contributed by atoms with van der Waals surface area (Å²) >= 11 is 0. The number of fused-ring (bicyclic) bond motifs is 1. The highest BCUT2D eigenvalue weighted by Crippen LogP contribution is 2.30. The Morgan fingerprint density at radius 3 is 2.47 bits per heavy atom. The number of rotatable bonds is 3. The fourth-order valence-electron chi connectivity index (χ4n) is 2.90. The number of benzene rings is 1. The van der Waals surface area contributed by atoms with E-state index in [1.165, 1.54) is 0 Å². The van der Waals surface area contributed by atoms with Crippen LogP contribution < -0.4 is 10.6 Å². The molecule has 0 saturated carbocycles. The molecule has 19 heavy (non-hydrogen) atoms. The van der Waals surface area contributed by atoms with Crippen LogP contribution in [0.1, 0.15) is 25.5 Å². The van der Waals surface area contributed by atoms with E-state index in [4.69, 9.17) is 10.7 Å². The minimum Gasteiger partial charge on any atom is -0.351 e. The first-order valence-electron chi connectivity index (χ1n) is 6.88. The Bertz CT molecular complexity index is 602. The fourth-order valence-corrected chi connectivity index (χ4v) is 2.90. The van der Waals surface area contributed by atoms with Crippen LogP contribution in [0.25, 0.3) is 11.0 Å². The van der Waals surface area contributed by atoms with E-state index >= 15 is 0 Å². The molecule has 4 heteroatoms. The minimum atomic E-state index is -0.0332. The highest BCUT2D eigenvalue weighted by Gasteiger charge is 2.39. The molecule has 0 atom stereocenters. The fraction of sp³-hybridized carbons (Fsp3) is 0.467. The van der Waals surface area contributed by atoms with Crippen molar-refractivity contribution in [3.8, 4) is 0 Å². The lowest BCUT2D eigenvalue weighted by molar-refractivity contribution is 0.305. The molecule has 0 bridgehead atoms. The second-order valence-corrected chi connectivity index (χ2v) is 5.59. The third kappa shape index (κ3) is 2.16. The number of aryl methyl sites for hydroxylation is 1. The van der Waals surface area contributed by atoms with E-state index in [9.17, 15) is 0 Å². The van der Waals surface area contributed by atoms with Crippen molar-refractivity contribution in [2.45, 2.75) is 32.2 Å². The van der Waals surface area contributed by atoms with E-state index in [1.807, 2.05) is 31.2 Å². The van der Waals surface area contributed by atoms with Crippen molar-refractivity contribution in [3.63, 3.8) is 0 Å². The first-order valence-corrected chi connectivity index (χ1v) is 6.88. The van der Waals surface area contributed by atoms with E-state index < -0.39 is 0 Å². The Morgan fingerprint density at radius 1 is 1.21 bits per heavy atom. The van der Waals surface area contributed by atoms with Gasteiger partial charge in [-0.1, -0.05) is 25.5 Å². The molecular formula is C15H20N4. The molecule has 1 aliphatic rings. The lowest BCUT2D eigenvalue weighted by Gasteiger charge is -2.48. The molecule has 2 aromatic rings. The average Bonchev–Trinajstić information content (AvgIpc) is 2.35. The predicted octanol–water partition coefficient (Wildman–Crippen LogP) is 2.26. The van der Waals surface area contributed by atoms with Gasteiger partial charge < -0.3 is 10.6 Å². The molecule has 0 aliphatic carbocycles. The van der Waals surface area contributed by atoms with Crippen molar-refractivity contribution in [2.75, 3.05) is 18.0 Å². The number of anilines is 1. The molecule has 4 nitrogen and oxygen atoms in total. The van der Waals surface area contributed by atoms with Crippen molar-refractivity contribution in [1.29, 1.82) is 0 Å². The van der Waals surface area contributed by atoms with E-state index in [1.54, 1.807) is 0 Å². The number of hydrogen-bond acceptors (Lipinski definition) is 4. The van der Waals surface area contributed by atoms with Gasteiger partial charge >= 0.3 is 0 Å². The van der Waals surface area contributed by atoms with Gasteiger partial charge in [-0.05, 0) is 25.5 Å². The summed E-state index contributed by atoms with van der Waals surface area (Å²) in [5, 5.41) is 0. The van der Waals surface area contributed by atoms with Crippen LogP contribution in [0.5, 0.6) is 0 Å². The third-order valence-corrected chi connectivity index (χ3v) is 3.78. The first kappa shape index (κ1) is 12.4. The zero-order chi connectivity index (χ0) is 13.5. The summed E-state index contributed by atoms with van der Waals surface area (Å²) in [6.07, 6.45) is 2.20. The molecule has 2 heterocycles. The summed E-state index contributed by atoms with van der Waals surface area (Å²) < 4.78 is 0. The standard InChI is InChI=1S/C15H20N4/c1-3-8-15(16)9-19(10-15)14-11(2)17-12-6-4-5-7-13(12)18-14/h4-7H,3,8-10,16H2,1-2H3. The van der Waals surface area contributed by atoms with Gasteiger partial charge in [0.05, 0.1) is 22.3 Å². The van der Waals surface area contributed by atoms with Crippen LogP contribution >= 0.6 is 0 Å². The molecule has 1 fully saturated rings. The van der Waals surface area contributed by atoms with Gasteiger partial charge in [-0.25, -0.2) is 9.97 Å². The van der Waals surface area contributed by atoms with Crippen LogP contribution in [-0.4, -0.2) is 28.6 Å². The molecule has 0 radical (unpaired) electrons. The normalized spacial score (nSPS) is 17.5. The van der Waals surface area contributed by atoms with Gasteiger partial charge in [-0.2, -0.15) is 0 Å². The number of nitrogens with zero attached hydrogens (tertiary/aromatic N) is 3. The number of hydrogen-bond donors (Lipinski definition) is 1. The van der Waals surface area contributed by atoms with Gasteiger partial charge in [0.25, 0.3) is 0 Å². The lowest BCUT2D eigenvalue weighted by atomic mass is 9.86. The summed E-state index contributed by atoms with van der Waals surface area (Å²) in [4.78, 5) is 11.6. The number of nitrogens with two attached hydrogens (primary N) is 1. The van der Waals surface area contributed by atoms with Gasteiger partial charge in [0.15, 0.2) is 5.82 Å². The van der Waals surface area contributed by atoms with Crippen LogP contribution in [0.4, 0.5) is 5.82 Å². The number of aromatic nitrogens is 2. The van der Waals surface area contributed by atoms with Crippen LogP contribution in [0, 0.1) is 6.92 Å². The summed E-state index contributed by atoms with van der Waals surface area (Å²) in [5.41, 5.74) is 9.17. The van der Waals surface area contributed by atoms with E-state index in [0.29, 0.717) is 0 Å². The van der Waals surface area contributed by atoms with E-state index in [0.717, 1.165) is 48.5 Å². The van der Waals surface area contributed by atoms with Crippen LogP contribution in [0.15, 0.2) is 24.3 Å². The number of para-hydroxylation sites is 2. The highest BCUT2D eigenvalue weighted by atomic mass is 15.3. The zero-order valence-corrected chi connectivity index (χ0v) is 11.6. The Hall–Kier alpha value is -1.68. The summed E-state index contributed by atoms with van der Waals surface area (Å²) in [5.74, 6) is 0.982. The van der Waals surface area contributed by atoms with Crippen LogP contribution in [0.2, 0.25) is 0 Å². The SMILES string of the molecule is CCCC1(N)CN(c2nc3ccccc3nc2C)C1. The molecule has 0 amide bonds. The Morgan fingerprint density at radius 2 is 1.84 bits per heavy atom. The van der Waals surface area contributed by atoms with Crippen molar-refractivity contribution in [2.24, 2.45) is 5.73 Å². The summed E-state index contributed by atoms with van der Waals surface area (Å²) in [6.45, 7) is 5.97. The second-order valence-electron chi connectivity index (χ2n) is 5.59. The van der Waals surface area contributed by atoms with Crippen LogP contribution in [-0.2, 0) is 0 Å². The average molecular weight is 256 g/mol. The van der Waals surface area contributed by atoms with Crippen molar-refractivity contribution >= 4 is 16.9 Å². The monoisotopic (exact) mass is 256 g/mol.